The molecule has 10 heteroatoms. The number of nitrogens with zero attached hydrogens (tertiary/aromatic N) is 2. The first-order valence-electron chi connectivity index (χ1n) is 18.1. The number of benzene rings is 4. The molecule has 3 amide bonds. The summed E-state index contributed by atoms with van der Waals surface area (Å²) in [5, 5.41) is 3.11. The van der Waals surface area contributed by atoms with Gasteiger partial charge in [-0.3, -0.25) is 14.4 Å². The van der Waals surface area contributed by atoms with Crippen LogP contribution in [-0.4, -0.2) is 30.3 Å². The van der Waals surface area contributed by atoms with Gasteiger partial charge in [0.25, 0.3) is 5.91 Å². The van der Waals surface area contributed by atoms with Gasteiger partial charge in [0.2, 0.25) is 11.8 Å². The van der Waals surface area contributed by atoms with Crippen LogP contribution in [0.5, 0.6) is 0 Å². The van der Waals surface area contributed by atoms with Gasteiger partial charge in [0, 0.05) is 17.5 Å². The van der Waals surface area contributed by atoms with Crippen molar-refractivity contribution >= 4 is 34.8 Å². The van der Waals surface area contributed by atoms with E-state index in [2.05, 4.69) is 5.32 Å². The van der Waals surface area contributed by atoms with E-state index >= 15 is 0 Å². The molecule has 0 aromatic heterocycles. The van der Waals surface area contributed by atoms with E-state index in [-0.39, 0.29) is 24.9 Å². The third-order valence-corrected chi connectivity index (χ3v) is 10.5. The molecule has 272 valence electrons. The zero-order chi connectivity index (χ0) is 36.8. The molecule has 3 N–H and O–H groups in total. The average Bonchev–Trinajstić information content (AvgIpc) is 3.23. The van der Waals surface area contributed by atoms with Crippen LogP contribution in [0.3, 0.4) is 0 Å². The third-order valence-electron chi connectivity index (χ3n) is 10.5. The number of para-hydroxylation sites is 3. The van der Waals surface area contributed by atoms with Crippen molar-refractivity contribution in [2.75, 3.05) is 16.3 Å². The smallest absolute Gasteiger partial charge is 0.369 e. The molecule has 4 aromatic rings. The fraction of sp³-hybridized carbons (Fsp3) is 0.357. The number of hydrogen-bond acceptors (Lipinski definition) is 4. The Balaban J connectivity index is 1.35. The van der Waals surface area contributed by atoms with Gasteiger partial charge in [-0.25, -0.2) is 0 Å². The van der Waals surface area contributed by atoms with Crippen molar-refractivity contribution in [2.45, 2.75) is 70.6 Å². The van der Waals surface area contributed by atoms with Crippen LogP contribution in [0.2, 0.25) is 0 Å². The summed E-state index contributed by atoms with van der Waals surface area (Å²) in [5.41, 5.74) is 9.56. The maximum absolute atomic E-state index is 14.8. The van der Waals surface area contributed by atoms with Gasteiger partial charge in [0.1, 0.15) is 6.04 Å². The van der Waals surface area contributed by atoms with Crippen LogP contribution in [0, 0.1) is 17.8 Å². The molecule has 0 bridgehead atoms. The lowest BCUT2D eigenvalue weighted by molar-refractivity contribution is -0.137. The fourth-order valence-electron chi connectivity index (χ4n) is 7.38. The number of primary amides is 1. The number of nitrogens with two attached hydrogens (primary N) is 1. The van der Waals surface area contributed by atoms with Crippen LogP contribution < -0.4 is 20.9 Å². The molecule has 0 spiro atoms. The van der Waals surface area contributed by atoms with Crippen LogP contribution in [0.4, 0.5) is 30.2 Å². The molecule has 1 saturated carbocycles. The minimum Gasteiger partial charge on any atom is -0.369 e. The summed E-state index contributed by atoms with van der Waals surface area (Å²) >= 11 is 0. The van der Waals surface area contributed by atoms with Crippen LogP contribution in [0.25, 0.3) is 11.1 Å². The number of fused-ring (bicyclic) bond motifs is 1. The van der Waals surface area contributed by atoms with Crippen molar-refractivity contribution < 1.29 is 27.6 Å². The quantitative estimate of drug-likeness (QED) is 0.145. The molecule has 3 atom stereocenters. The molecule has 4 aromatic carbocycles. The lowest BCUT2D eigenvalue weighted by atomic mass is 9.73. The Morgan fingerprint density at radius 2 is 1.56 bits per heavy atom. The third kappa shape index (κ3) is 8.33. The van der Waals surface area contributed by atoms with Crippen molar-refractivity contribution in [3.05, 3.63) is 114 Å². The van der Waals surface area contributed by atoms with Crippen molar-refractivity contribution in [1.29, 1.82) is 0 Å². The first kappa shape index (κ1) is 36.7. The number of anilines is 3. The van der Waals surface area contributed by atoms with Gasteiger partial charge in [-0.1, -0.05) is 99.7 Å². The summed E-state index contributed by atoms with van der Waals surface area (Å²) in [6.07, 6.45) is 1.35. The Labute approximate surface area is 303 Å². The Bertz CT molecular complexity index is 1860. The fourth-order valence-corrected chi connectivity index (χ4v) is 7.38. The zero-order valence-electron chi connectivity index (χ0n) is 29.3. The molecule has 0 saturated heterocycles. The average molecular weight is 711 g/mol. The maximum Gasteiger partial charge on any atom is 0.416 e. The lowest BCUT2D eigenvalue weighted by Gasteiger charge is -2.34. The van der Waals surface area contributed by atoms with Crippen molar-refractivity contribution in [2.24, 2.45) is 23.5 Å². The second-order valence-electron chi connectivity index (χ2n) is 14.0. The summed E-state index contributed by atoms with van der Waals surface area (Å²) < 4.78 is 39.7. The van der Waals surface area contributed by atoms with E-state index in [0.29, 0.717) is 35.6 Å². The Morgan fingerprint density at radius 3 is 2.19 bits per heavy atom. The minimum absolute atomic E-state index is 0.144. The molecule has 7 nitrogen and oxygen atoms in total. The van der Waals surface area contributed by atoms with Gasteiger partial charge in [0.05, 0.1) is 30.0 Å². The van der Waals surface area contributed by atoms with Gasteiger partial charge >= 0.3 is 6.18 Å². The number of rotatable bonds is 13. The highest BCUT2D eigenvalue weighted by Crippen LogP contribution is 2.40. The first-order chi connectivity index (χ1) is 25.0. The summed E-state index contributed by atoms with van der Waals surface area (Å²) in [6, 6.07) is 28.7. The second kappa shape index (κ2) is 16.0. The van der Waals surface area contributed by atoms with Crippen molar-refractivity contribution in [3.63, 3.8) is 0 Å². The predicted octanol–water partition coefficient (Wildman–Crippen LogP) is 8.64. The highest BCUT2D eigenvalue weighted by Gasteiger charge is 2.40. The number of carbonyl (C=O) groups excluding carboxylic acids is 3. The summed E-state index contributed by atoms with van der Waals surface area (Å²) in [6.45, 7) is 2.33. The SMILES string of the molecule is CCCCC(C(N)=O)C(CC1CCC1)C(=O)NC1CN(c2ccccc2)c2ccccc2N(Cc2cccc(-c3ccc(C(F)(F)F)cc3)c2)C1=O. The number of halogens is 3. The van der Waals surface area contributed by atoms with Crippen LogP contribution in [-0.2, 0) is 27.1 Å². The Kier molecular flexibility index (Phi) is 11.3. The van der Waals surface area contributed by atoms with E-state index in [1.807, 2.05) is 90.7 Å². The van der Waals surface area contributed by atoms with E-state index < -0.39 is 35.5 Å². The Morgan fingerprint density at radius 1 is 0.865 bits per heavy atom. The summed E-state index contributed by atoms with van der Waals surface area (Å²) in [7, 11) is 0. The van der Waals surface area contributed by atoms with Crippen LogP contribution in [0.1, 0.15) is 63.0 Å². The summed E-state index contributed by atoms with van der Waals surface area (Å²) in [5.74, 6) is -2.09. The number of unbranched alkanes of at least 4 members (excludes halogenated alkanes) is 1. The predicted molar refractivity (Wildman–Crippen MR) is 198 cm³/mol. The number of carbonyl (C=O) groups is 3. The molecule has 3 unspecified atom stereocenters. The minimum atomic E-state index is -4.44. The van der Waals surface area contributed by atoms with E-state index in [1.165, 1.54) is 12.1 Å². The van der Waals surface area contributed by atoms with Gasteiger partial charge in [-0.15, -0.1) is 0 Å². The molecular weight excluding hydrogens is 665 g/mol. The molecular formula is C42H45F3N4O3. The van der Waals surface area contributed by atoms with Crippen molar-refractivity contribution in [3.8, 4) is 11.1 Å². The van der Waals surface area contributed by atoms with Gasteiger partial charge in [-0.05, 0) is 77.9 Å². The summed E-state index contributed by atoms with van der Waals surface area (Å²) in [4.78, 5) is 45.6. The Hall–Kier alpha value is -5.12. The molecule has 1 fully saturated rings. The molecule has 52 heavy (non-hydrogen) atoms. The molecule has 6 rings (SSSR count). The number of hydrogen-bond donors (Lipinski definition) is 2. The second-order valence-corrected chi connectivity index (χ2v) is 14.0. The lowest BCUT2D eigenvalue weighted by Crippen LogP contribution is -2.54. The van der Waals surface area contributed by atoms with E-state index in [1.54, 1.807) is 4.90 Å². The van der Waals surface area contributed by atoms with E-state index in [4.69, 9.17) is 5.73 Å². The van der Waals surface area contributed by atoms with Crippen molar-refractivity contribution in [1.82, 2.24) is 5.32 Å². The van der Waals surface area contributed by atoms with E-state index in [0.717, 1.165) is 61.2 Å². The molecule has 1 heterocycles. The highest BCUT2D eigenvalue weighted by molar-refractivity contribution is 6.04. The maximum atomic E-state index is 14.8. The molecule has 1 aliphatic carbocycles. The van der Waals surface area contributed by atoms with Gasteiger partial charge in [-0.2, -0.15) is 13.2 Å². The number of amides is 3. The highest BCUT2D eigenvalue weighted by atomic mass is 19.4. The first-order valence-corrected chi connectivity index (χ1v) is 18.1. The monoisotopic (exact) mass is 710 g/mol. The number of alkyl halides is 3. The molecule has 1 aliphatic heterocycles. The van der Waals surface area contributed by atoms with Gasteiger partial charge in [0.15, 0.2) is 0 Å². The topological polar surface area (TPSA) is 95.7 Å². The number of nitrogens with one attached hydrogen (secondary N) is 1. The molecule has 0 radical (unpaired) electrons. The largest absolute Gasteiger partial charge is 0.416 e. The van der Waals surface area contributed by atoms with Gasteiger partial charge < -0.3 is 20.9 Å². The molecule has 2 aliphatic rings. The van der Waals surface area contributed by atoms with Crippen LogP contribution >= 0.6 is 0 Å². The van der Waals surface area contributed by atoms with Crippen LogP contribution in [0.15, 0.2) is 103 Å². The van der Waals surface area contributed by atoms with E-state index in [9.17, 15) is 27.6 Å². The standard InChI is InChI=1S/C42H45F3N4O3/c1-2-3-17-34(39(46)50)35(25-28-11-9-12-28)40(51)47-36-27-48(33-15-5-4-6-16-33)37-18-7-8-19-38(37)49(41(36)52)26-29-13-10-14-31(24-29)30-20-22-32(23-21-30)42(43,44)45/h4-8,10,13-16,18-24,28,34-36H,2-3,9,11-12,17,25-27H2,1H3,(H2,46,50)(H,47,51). The zero-order valence-corrected chi connectivity index (χ0v) is 29.3. The normalized spacial score (nSPS) is 17.5.